The standard InChI is InChI=1S/C5H6BrIO2/c1-2-9-5(8)4(7)3-6/h3H,2H2,1H3/b4-3-. The summed E-state index contributed by atoms with van der Waals surface area (Å²) in [5.41, 5.74) is 0. The highest BCUT2D eigenvalue weighted by molar-refractivity contribution is 14.1. The van der Waals surface area contributed by atoms with Crippen LogP contribution in [0.1, 0.15) is 6.92 Å². The van der Waals surface area contributed by atoms with E-state index >= 15 is 0 Å². The van der Waals surface area contributed by atoms with Gasteiger partial charge in [-0.2, -0.15) is 0 Å². The predicted molar refractivity (Wildman–Crippen MR) is 47.7 cm³/mol. The van der Waals surface area contributed by atoms with Gasteiger partial charge in [0.05, 0.1) is 6.61 Å². The number of esters is 1. The van der Waals surface area contributed by atoms with Crippen molar-refractivity contribution < 1.29 is 9.53 Å². The van der Waals surface area contributed by atoms with E-state index in [-0.39, 0.29) is 5.97 Å². The molecule has 0 fully saturated rings. The number of halogens is 2. The lowest BCUT2D eigenvalue weighted by atomic mass is 10.6. The van der Waals surface area contributed by atoms with Crippen LogP contribution in [0.25, 0.3) is 0 Å². The summed E-state index contributed by atoms with van der Waals surface area (Å²) in [5, 5.41) is 0. The zero-order valence-corrected chi connectivity index (χ0v) is 8.60. The fraction of sp³-hybridized carbons (Fsp3) is 0.400. The van der Waals surface area contributed by atoms with Crippen molar-refractivity contribution in [1.82, 2.24) is 0 Å². The maximum atomic E-state index is 10.6. The van der Waals surface area contributed by atoms with Crippen LogP contribution in [0.2, 0.25) is 0 Å². The van der Waals surface area contributed by atoms with E-state index in [1.54, 1.807) is 6.92 Å². The van der Waals surface area contributed by atoms with Crippen molar-refractivity contribution in [3.63, 3.8) is 0 Å². The van der Waals surface area contributed by atoms with Gasteiger partial charge in [-0.15, -0.1) is 0 Å². The molecule has 0 aromatic heterocycles. The molecule has 0 aliphatic carbocycles. The van der Waals surface area contributed by atoms with Crippen LogP contribution in [0.5, 0.6) is 0 Å². The molecule has 52 valence electrons. The van der Waals surface area contributed by atoms with E-state index in [4.69, 9.17) is 0 Å². The second-order valence-corrected chi connectivity index (χ2v) is 2.80. The summed E-state index contributed by atoms with van der Waals surface area (Å²) in [6.07, 6.45) is 0. The second-order valence-electron chi connectivity index (χ2n) is 1.18. The summed E-state index contributed by atoms with van der Waals surface area (Å²) in [5.74, 6) is -0.282. The summed E-state index contributed by atoms with van der Waals surface area (Å²) in [6, 6.07) is 0. The van der Waals surface area contributed by atoms with E-state index in [1.807, 2.05) is 22.6 Å². The molecule has 0 saturated heterocycles. The first kappa shape index (κ1) is 9.42. The number of hydrogen-bond donors (Lipinski definition) is 0. The van der Waals surface area contributed by atoms with Crippen molar-refractivity contribution in [2.45, 2.75) is 6.92 Å². The Morgan fingerprint density at radius 1 is 1.89 bits per heavy atom. The van der Waals surface area contributed by atoms with Gasteiger partial charge in [0, 0.05) is 4.99 Å². The fourth-order valence-corrected chi connectivity index (χ4v) is 0.587. The first-order valence-electron chi connectivity index (χ1n) is 2.35. The van der Waals surface area contributed by atoms with Crippen LogP contribution < -0.4 is 0 Å². The Bertz CT molecular complexity index is 133. The van der Waals surface area contributed by atoms with Gasteiger partial charge in [0.2, 0.25) is 0 Å². The molecule has 2 nitrogen and oxygen atoms in total. The summed E-state index contributed by atoms with van der Waals surface area (Å²) >= 11 is 4.91. The molecule has 0 radical (unpaired) electrons. The highest BCUT2D eigenvalue weighted by Crippen LogP contribution is 2.09. The highest BCUT2D eigenvalue weighted by atomic mass is 127. The average Bonchev–Trinajstić information content (AvgIpc) is 1.87. The van der Waals surface area contributed by atoms with Crippen LogP contribution in [-0.2, 0) is 9.53 Å². The molecule has 0 aliphatic rings. The maximum absolute atomic E-state index is 10.6. The van der Waals surface area contributed by atoms with Gasteiger partial charge in [-0.05, 0) is 29.5 Å². The van der Waals surface area contributed by atoms with Gasteiger partial charge >= 0.3 is 5.97 Å². The summed E-state index contributed by atoms with van der Waals surface area (Å²) < 4.78 is 5.20. The van der Waals surface area contributed by atoms with Crippen molar-refractivity contribution in [3.8, 4) is 0 Å². The van der Waals surface area contributed by atoms with Crippen LogP contribution in [-0.4, -0.2) is 12.6 Å². The second kappa shape index (κ2) is 5.22. The quantitative estimate of drug-likeness (QED) is 0.444. The molecule has 0 atom stereocenters. The van der Waals surface area contributed by atoms with Crippen molar-refractivity contribution in [2.75, 3.05) is 6.61 Å². The molecular weight excluding hydrogens is 299 g/mol. The third-order valence-corrected chi connectivity index (χ3v) is 2.63. The van der Waals surface area contributed by atoms with Crippen LogP contribution in [0.15, 0.2) is 8.57 Å². The number of hydrogen-bond acceptors (Lipinski definition) is 2. The van der Waals surface area contributed by atoms with Crippen LogP contribution in [0, 0.1) is 0 Å². The van der Waals surface area contributed by atoms with Crippen LogP contribution in [0.4, 0.5) is 0 Å². The van der Waals surface area contributed by atoms with Gasteiger partial charge < -0.3 is 4.74 Å². The lowest BCUT2D eigenvalue weighted by Crippen LogP contribution is -2.02. The van der Waals surface area contributed by atoms with Gasteiger partial charge in [-0.1, -0.05) is 15.9 Å². The number of ether oxygens (including phenoxy) is 1. The third kappa shape index (κ3) is 3.91. The zero-order chi connectivity index (χ0) is 7.28. The molecule has 0 aliphatic heterocycles. The predicted octanol–water partition coefficient (Wildman–Crippen LogP) is 2.22. The van der Waals surface area contributed by atoms with E-state index in [2.05, 4.69) is 20.7 Å². The Balaban J connectivity index is 3.74. The van der Waals surface area contributed by atoms with Gasteiger partial charge in [0.1, 0.15) is 3.58 Å². The maximum Gasteiger partial charge on any atom is 0.344 e. The van der Waals surface area contributed by atoms with E-state index in [0.717, 1.165) is 0 Å². The van der Waals surface area contributed by atoms with Gasteiger partial charge in [0.15, 0.2) is 0 Å². The Kier molecular flexibility index (Phi) is 5.47. The molecule has 0 aromatic carbocycles. The topological polar surface area (TPSA) is 26.3 Å². The van der Waals surface area contributed by atoms with Gasteiger partial charge in [-0.25, -0.2) is 4.79 Å². The molecule has 0 amide bonds. The van der Waals surface area contributed by atoms with Crippen LogP contribution in [0.3, 0.4) is 0 Å². The average molecular weight is 305 g/mol. The molecule has 0 N–H and O–H groups in total. The lowest BCUT2D eigenvalue weighted by Gasteiger charge is -1.96. The highest BCUT2D eigenvalue weighted by Gasteiger charge is 2.03. The molecule has 0 saturated carbocycles. The molecule has 0 heterocycles. The largest absolute Gasteiger partial charge is 0.462 e. The number of carbonyl (C=O) groups excluding carboxylic acids is 1. The van der Waals surface area contributed by atoms with Gasteiger partial charge in [-0.3, -0.25) is 0 Å². The SMILES string of the molecule is CCOC(=O)/C(I)=C/Br. The minimum absolute atomic E-state index is 0.282. The van der Waals surface area contributed by atoms with Gasteiger partial charge in [0.25, 0.3) is 0 Å². The van der Waals surface area contributed by atoms with Crippen molar-refractivity contribution in [1.29, 1.82) is 0 Å². The molecule has 0 rings (SSSR count). The molecule has 0 unspecified atom stereocenters. The first-order chi connectivity index (χ1) is 4.22. The number of rotatable bonds is 2. The summed E-state index contributed by atoms with van der Waals surface area (Å²) in [4.78, 5) is 12.2. The summed E-state index contributed by atoms with van der Waals surface area (Å²) in [7, 11) is 0. The number of carbonyl (C=O) groups is 1. The summed E-state index contributed by atoms with van der Waals surface area (Å²) in [6.45, 7) is 2.20. The Morgan fingerprint density at radius 2 is 2.44 bits per heavy atom. The molecule has 4 heteroatoms. The van der Waals surface area contributed by atoms with Crippen molar-refractivity contribution in [3.05, 3.63) is 8.57 Å². The minimum Gasteiger partial charge on any atom is -0.462 e. The third-order valence-electron chi connectivity index (χ3n) is 0.566. The van der Waals surface area contributed by atoms with Crippen molar-refractivity contribution >= 4 is 44.5 Å². The molecular formula is C5H6BrIO2. The van der Waals surface area contributed by atoms with Crippen LogP contribution >= 0.6 is 38.5 Å². The van der Waals surface area contributed by atoms with E-state index in [0.29, 0.717) is 10.2 Å². The lowest BCUT2D eigenvalue weighted by molar-refractivity contribution is -0.137. The fourth-order valence-electron chi connectivity index (χ4n) is 0.245. The first-order valence-corrected chi connectivity index (χ1v) is 4.34. The Morgan fingerprint density at radius 3 is 2.78 bits per heavy atom. The van der Waals surface area contributed by atoms with E-state index < -0.39 is 0 Å². The Hall–Kier alpha value is 0.420. The molecule has 0 bridgehead atoms. The normalized spacial score (nSPS) is 11.2. The molecule has 9 heavy (non-hydrogen) atoms. The molecule has 0 spiro atoms. The van der Waals surface area contributed by atoms with E-state index in [1.165, 1.54) is 4.99 Å². The minimum atomic E-state index is -0.282. The van der Waals surface area contributed by atoms with Crippen molar-refractivity contribution in [2.24, 2.45) is 0 Å². The van der Waals surface area contributed by atoms with E-state index in [9.17, 15) is 4.79 Å². The smallest absolute Gasteiger partial charge is 0.344 e. The zero-order valence-electron chi connectivity index (χ0n) is 4.86. The monoisotopic (exact) mass is 304 g/mol. The molecule has 0 aromatic rings. The Labute approximate surface area is 75.9 Å².